The highest BCUT2D eigenvalue weighted by atomic mass is 32.1. The molecule has 0 aliphatic heterocycles. The van der Waals surface area contributed by atoms with Crippen LogP contribution in [0.15, 0.2) is 30.0 Å². The summed E-state index contributed by atoms with van der Waals surface area (Å²) in [5.74, 6) is -0.982. The van der Waals surface area contributed by atoms with Crippen molar-refractivity contribution in [3.63, 3.8) is 0 Å². The van der Waals surface area contributed by atoms with E-state index in [0.29, 0.717) is 0 Å². The van der Waals surface area contributed by atoms with E-state index < -0.39 is 5.97 Å². The molecule has 78 valence electrons. The molecule has 0 aromatic carbocycles. The fraction of sp³-hybridized carbons (Fsp3) is 0.200. The predicted octanol–water partition coefficient (Wildman–Crippen LogP) is 1.89. The molecular formula is C10H10N2O2S. The lowest BCUT2D eigenvalue weighted by Gasteiger charge is -1.98. The minimum atomic E-state index is -0.982. The Morgan fingerprint density at radius 2 is 2.47 bits per heavy atom. The summed E-state index contributed by atoms with van der Waals surface area (Å²) in [5.41, 5.74) is 0.0983. The molecule has 2 aromatic heterocycles. The Morgan fingerprint density at radius 3 is 3.07 bits per heavy atom. The average molecular weight is 222 g/mol. The van der Waals surface area contributed by atoms with Crippen LogP contribution in [0, 0.1) is 0 Å². The maximum atomic E-state index is 10.6. The van der Waals surface area contributed by atoms with Gasteiger partial charge in [0.1, 0.15) is 0 Å². The lowest BCUT2D eigenvalue weighted by atomic mass is 10.3. The van der Waals surface area contributed by atoms with Crippen molar-refractivity contribution in [1.82, 2.24) is 9.55 Å². The molecule has 0 saturated carbocycles. The number of imidazole rings is 1. The van der Waals surface area contributed by atoms with E-state index in [9.17, 15) is 4.79 Å². The van der Waals surface area contributed by atoms with E-state index in [1.54, 1.807) is 28.4 Å². The summed E-state index contributed by atoms with van der Waals surface area (Å²) in [6, 6.07) is 4.08. The molecule has 2 aromatic rings. The molecule has 4 nitrogen and oxygen atoms in total. The van der Waals surface area contributed by atoms with Crippen LogP contribution in [0.25, 0.3) is 0 Å². The summed E-state index contributed by atoms with van der Waals surface area (Å²) < 4.78 is 1.79. The second kappa shape index (κ2) is 4.27. The van der Waals surface area contributed by atoms with Gasteiger partial charge >= 0.3 is 5.97 Å². The Bertz CT molecular complexity index is 448. The van der Waals surface area contributed by atoms with Gasteiger partial charge in [-0.2, -0.15) is 0 Å². The number of hydrogen-bond acceptors (Lipinski definition) is 3. The SMILES string of the molecule is O=C(O)c1cn(CCc2cccs2)cn1. The summed E-state index contributed by atoms with van der Waals surface area (Å²) in [7, 11) is 0. The number of aryl methyl sites for hydroxylation is 2. The maximum absolute atomic E-state index is 10.6. The molecule has 5 heteroatoms. The molecule has 0 aliphatic rings. The van der Waals surface area contributed by atoms with E-state index in [-0.39, 0.29) is 5.69 Å². The molecule has 0 bridgehead atoms. The van der Waals surface area contributed by atoms with Crippen molar-refractivity contribution in [2.75, 3.05) is 0 Å². The van der Waals surface area contributed by atoms with Gasteiger partial charge in [0.25, 0.3) is 0 Å². The number of carbonyl (C=O) groups is 1. The van der Waals surface area contributed by atoms with Gasteiger partial charge in [0.05, 0.1) is 6.33 Å². The van der Waals surface area contributed by atoms with Crippen molar-refractivity contribution in [2.45, 2.75) is 13.0 Å². The Kier molecular flexibility index (Phi) is 2.82. The van der Waals surface area contributed by atoms with Crippen molar-refractivity contribution in [1.29, 1.82) is 0 Å². The normalized spacial score (nSPS) is 10.4. The van der Waals surface area contributed by atoms with Crippen molar-refractivity contribution in [2.24, 2.45) is 0 Å². The zero-order valence-electron chi connectivity index (χ0n) is 7.96. The average Bonchev–Trinajstić information content (AvgIpc) is 2.86. The van der Waals surface area contributed by atoms with Crippen molar-refractivity contribution in [3.05, 3.63) is 40.6 Å². The Balaban J connectivity index is 1.96. The van der Waals surface area contributed by atoms with Gasteiger partial charge in [-0.1, -0.05) is 6.07 Å². The first-order valence-corrected chi connectivity index (χ1v) is 5.41. The zero-order valence-corrected chi connectivity index (χ0v) is 8.78. The first-order chi connectivity index (χ1) is 7.25. The van der Waals surface area contributed by atoms with E-state index in [1.807, 2.05) is 11.4 Å². The first-order valence-electron chi connectivity index (χ1n) is 4.53. The highest BCUT2D eigenvalue weighted by Gasteiger charge is 2.06. The minimum Gasteiger partial charge on any atom is -0.476 e. The van der Waals surface area contributed by atoms with E-state index in [0.717, 1.165) is 13.0 Å². The molecule has 15 heavy (non-hydrogen) atoms. The summed E-state index contributed by atoms with van der Waals surface area (Å²) in [6.07, 6.45) is 4.01. The number of aromatic carboxylic acids is 1. The Morgan fingerprint density at radius 1 is 1.60 bits per heavy atom. The number of rotatable bonds is 4. The number of carboxylic acids is 1. The second-order valence-electron chi connectivity index (χ2n) is 3.13. The number of thiophene rings is 1. The topological polar surface area (TPSA) is 55.1 Å². The van der Waals surface area contributed by atoms with Crippen LogP contribution in [-0.4, -0.2) is 20.6 Å². The van der Waals surface area contributed by atoms with Crippen LogP contribution >= 0.6 is 11.3 Å². The van der Waals surface area contributed by atoms with Gasteiger partial charge in [-0.25, -0.2) is 9.78 Å². The largest absolute Gasteiger partial charge is 0.476 e. The molecule has 2 heterocycles. The van der Waals surface area contributed by atoms with Crippen LogP contribution in [0.4, 0.5) is 0 Å². The molecular weight excluding hydrogens is 212 g/mol. The molecule has 0 atom stereocenters. The lowest BCUT2D eigenvalue weighted by Crippen LogP contribution is -1.98. The standard InChI is InChI=1S/C10H10N2O2S/c13-10(14)9-6-12(7-11-9)4-3-8-2-1-5-15-8/h1-2,5-7H,3-4H2,(H,13,14). The van der Waals surface area contributed by atoms with Crippen LogP contribution < -0.4 is 0 Å². The van der Waals surface area contributed by atoms with Crippen LogP contribution in [0.5, 0.6) is 0 Å². The number of hydrogen-bond donors (Lipinski definition) is 1. The lowest BCUT2D eigenvalue weighted by molar-refractivity contribution is 0.0691. The summed E-state index contributed by atoms with van der Waals surface area (Å²) in [4.78, 5) is 15.6. The van der Waals surface area contributed by atoms with Gasteiger partial charge in [0, 0.05) is 17.6 Å². The van der Waals surface area contributed by atoms with Crippen LogP contribution in [0.3, 0.4) is 0 Å². The van der Waals surface area contributed by atoms with Gasteiger partial charge < -0.3 is 9.67 Å². The van der Waals surface area contributed by atoms with Crippen LogP contribution in [0.2, 0.25) is 0 Å². The van der Waals surface area contributed by atoms with Crippen molar-refractivity contribution in [3.8, 4) is 0 Å². The smallest absolute Gasteiger partial charge is 0.356 e. The molecule has 2 rings (SSSR count). The second-order valence-corrected chi connectivity index (χ2v) is 4.16. The van der Waals surface area contributed by atoms with Crippen molar-refractivity contribution < 1.29 is 9.90 Å². The fourth-order valence-corrected chi connectivity index (χ4v) is 1.99. The maximum Gasteiger partial charge on any atom is 0.356 e. The molecule has 0 amide bonds. The minimum absolute atomic E-state index is 0.0983. The van der Waals surface area contributed by atoms with E-state index in [2.05, 4.69) is 11.1 Å². The number of carboxylic acid groups (broad SMARTS) is 1. The van der Waals surface area contributed by atoms with Gasteiger partial charge in [-0.05, 0) is 17.9 Å². The zero-order chi connectivity index (χ0) is 10.7. The fourth-order valence-electron chi connectivity index (χ4n) is 1.29. The van der Waals surface area contributed by atoms with Gasteiger partial charge in [-0.3, -0.25) is 0 Å². The highest BCUT2D eigenvalue weighted by molar-refractivity contribution is 7.09. The number of aromatic nitrogens is 2. The van der Waals surface area contributed by atoms with Crippen LogP contribution in [0.1, 0.15) is 15.4 Å². The van der Waals surface area contributed by atoms with E-state index in [1.165, 1.54) is 4.88 Å². The van der Waals surface area contributed by atoms with Gasteiger partial charge in [0.2, 0.25) is 0 Å². The van der Waals surface area contributed by atoms with Crippen molar-refractivity contribution >= 4 is 17.3 Å². The quantitative estimate of drug-likeness (QED) is 0.859. The third kappa shape index (κ3) is 2.44. The van der Waals surface area contributed by atoms with Gasteiger partial charge in [-0.15, -0.1) is 11.3 Å². The summed E-state index contributed by atoms with van der Waals surface area (Å²) >= 11 is 1.71. The van der Waals surface area contributed by atoms with Gasteiger partial charge in [0.15, 0.2) is 5.69 Å². The molecule has 0 spiro atoms. The molecule has 0 aliphatic carbocycles. The number of nitrogens with zero attached hydrogens (tertiary/aromatic N) is 2. The first kappa shape index (κ1) is 9.92. The van der Waals surface area contributed by atoms with E-state index >= 15 is 0 Å². The highest BCUT2D eigenvalue weighted by Crippen LogP contribution is 2.10. The van der Waals surface area contributed by atoms with Crippen LogP contribution in [-0.2, 0) is 13.0 Å². The Hall–Kier alpha value is -1.62. The Labute approximate surface area is 90.8 Å². The molecule has 0 unspecified atom stereocenters. The molecule has 0 fully saturated rings. The predicted molar refractivity (Wildman–Crippen MR) is 57.2 cm³/mol. The third-order valence-electron chi connectivity index (χ3n) is 2.05. The summed E-state index contributed by atoms with van der Waals surface area (Å²) in [5, 5.41) is 10.7. The van der Waals surface area contributed by atoms with E-state index in [4.69, 9.17) is 5.11 Å². The molecule has 1 N–H and O–H groups in total. The third-order valence-corrected chi connectivity index (χ3v) is 2.99. The molecule has 0 saturated heterocycles. The monoisotopic (exact) mass is 222 g/mol. The summed E-state index contributed by atoms with van der Waals surface area (Å²) in [6.45, 7) is 0.765. The molecule has 0 radical (unpaired) electrons.